The summed E-state index contributed by atoms with van der Waals surface area (Å²) in [6.45, 7) is 6.53. The average Bonchev–Trinajstić information content (AvgIpc) is 2.80. The highest BCUT2D eigenvalue weighted by Gasteiger charge is 2.22. The lowest BCUT2D eigenvalue weighted by Gasteiger charge is -2.34. The Balaban J connectivity index is 0.00000363. The highest BCUT2D eigenvalue weighted by Crippen LogP contribution is 2.10. The number of benzene rings is 1. The molecule has 174 valence electrons. The molecular formula is C22H31FIN7O. The molecule has 0 bridgehead atoms. The quantitative estimate of drug-likeness (QED) is 0.295. The van der Waals surface area contributed by atoms with Crippen LogP contribution >= 0.6 is 24.0 Å². The number of amides is 1. The van der Waals surface area contributed by atoms with E-state index in [-0.39, 0.29) is 35.7 Å². The van der Waals surface area contributed by atoms with Crippen LogP contribution in [0.25, 0.3) is 0 Å². The van der Waals surface area contributed by atoms with Gasteiger partial charge in [0.15, 0.2) is 5.96 Å². The standard InChI is InChI=1S/C22H30FN7O.HI/c1-2-24-21(25-11-7-18-5-3-6-19(23)17-18)26-12-8-20(31)29-13-15-30(16-14-29)22-27-9-4-10-28-22;/h3-6,9-10,17H,2,7-8,11-16H2,1H3,(H2,24,25,26);1H. The van der Waals surface area contributed by atoms with Crippen LogP contribution in [-0.2, 0) is 11.2 Å². The Kier molecular flexibility index (Phi) is 11.1. The van der Waals surface area contributed by atoms with Crippen LogP contribution in [0.2, 0.25) is 0 Å². The zero-order chi connectivity index (χ0) is 21.9. The maximum absolute atomic E-state index is 13.3. The summed E-state index contributed by atoms with van der Waals surface area (Å²) in [6.07, 6.45) is 4.51. The van der Waals surface area contributed by atoms with E-state index >= 15 is 0 Å². The third-order valence-corrected chi connectivity index (χ3v) is 5.00. The minimum absolute atomic E-state index is 0. The third kappa shape index (κ3) is 8.21. The average molecular weight is 555 g/mol. The molecule has 1 aromatic heterocycles. The monoisotopic (exact) mass is 555 g/mol. The van der Waals surface area contributed by atoms with Crippen LogP contribution < -0.4 is 15.5 Å². The van der Waals surface area contributed by atoms with Crippen LogP contribution in [-0.4, -0.2) is 72.5 Å². The first-order valence-corrected chi connectivity index (χ1v) is 10.7. The number of nitrogens with one attached hydrogen (secondary N) is 2. The lowest BCUT2D eigenvalue weighted by molar-refractivity contribution is -0.131. The highest BCUT2D eigenvalue weighted by molar-refractivity contribution is 14.0. The molecule has 2 aromatic rings. The van der Waals surface area contributed by atoms with Gasteiger partial charge in [-0.1, -0.05) is 12.1 Å². The largest absolute Gasteiger partial charge is 0.357 e. The molecule has 1 aromatic carbocycles. The summed E-state index contributed by atoms with van der Waals surface area (Å²) >= 11 is 0. The summed E-state index contributed by atoms with van der Waals surface area (Å²) in [5, 5.41) is 6.41. The normalized spacial score (nSPS) is 14.0. The van der Waals surface area contributed by atoms with Crippen molar-refractivity contribution in [2.75, 3.05) is 50.7 Å². The second-order valence-electron chi connectivity index (χ2n) is 7.23. The molecular weight excluding hydrogens is 524 g/mol. The number of carbonyl (C=O) groups excluding carboxylic acids is 1. The summed E-state index contributed by atoms with van der Waals surface area (Å²) in [5.41, 5.74) is 0.929. The molecule has 2 heterocycles. The number of aromatic nitrogens is 2. The van der Waals surface area contributed by atoms with Gasteiger partial charge < -0.3 is 20.4 Å². The number of guanidine groups is 1. The van der Waals surface area contributed by atoms with E-state index in [0.29, 0.717) is 50.9 Å². The smallest absolute Gasteiger partial charge is 0.225 e. The van der Waals surface area contributed by atoms with Crippen LogP contribution in [0.3, 0.4) is 0 Å². The van der Waals surface area contributed by atoms with Crippen LogP contribution in [0.15, 0.2) is 47.7 Å². The fourth-order valence-corrected chi connectivity index (χ4v) is 3.39. The molecule has 1 amide bonds. The van der Waals surface area contributed by atoms with Crippen molar-refractivity contribution in [3.63, 3.8) is 0 Å². The molecule has 1 fully saturated rings. The van der Waals surface area contributed by atoms with Crippen molar-refractivity contribution in [3.8, 4) is 0 Å². The van der Waals surface area contributed by atoms with Gasteiger partial charge in [-0.25, -0.2) is 14.4 Å². The number of hydrogen-bond acceptors (Lipinski definition) is 5. The zero-order valence-electron chi connectivity index (χ0n) is 18.3. The fraction of sp³-hybridized carbons (Fsp3) is 0.455. The molecule has 0 spiro atoms. The molecule has 0 saturated carbocycles. The molecule has 0 radical (unpaired) electrons. The van der Waals surface area contributed by atoms with Gasteiger partial charge in [-0.2, -0.15) is 0 Å². The zero-order valence-corrected chi connectivity index (χ0v) is 20.7. The van der Waals surface area contributed by atoms with Crippen molar-refractivity contribution in [2.45, 2.75) is 19.8 Å². The number of halogens is 2. The molecule has 0 atom stereocenters. The molecule has 1 aliphatic rings. The van der Waals surface area contributed by atoms with Crippen LogP contribution in [0.4, 0.5) is 10.3 Å². The lowest BCUT2D eigenvalue weighted by Crippen LogP contribution is -2.49. The first-order chi connectivity index (χ1) is 15.2. The minimum atomic E-state index is -0.228. The molecule has 3 rings (SSSR count). The Morgan fingerprint density at radius 1 is 1.12 bits per heavy atom. The topological polar surface area (TPSA) is 85.8 Å². The first-order valence-electron chi connectivity index (χ1n) is 10.7. The van der Waals surface area contributed by atoms with E-state index in [1.807, 2.05) is 17.9 Å². The predicted octanol–water partition coefficient (Wildman–Crippen LogP) is 2.07. The van der Waals surface area contributed by atoms with E-state index in [9.17, 15) is 9.18 Å². The summed E-state index contributed by atoms with van der Waals surface area (Å²) in [5.74, 6) is 1.25. The number of anilines is 1. The van der Waals surface area contributed by atoms with Crippen LogP contribution in [0.5, 0.6) is 0 Å². The van der Waals surface area contributed by atoms with E-state index in [1.165, 1.54) is 12.1 Å². The number of aliphatic imine (C=N–C) groups is 1. The van der Waals surface area contributed by atoms with Crippen molar-refractivity contribution in [1.82, 2.24) is 25.5 Å². The molecule has 1 aliphatic heterocycles. The molecule has 32 heavy (non-hydrogen) atoms. The Labute approximate surface area is 205 Å². The highest BCUT2D eigenvalue weighted by atomic mass is 127. The maximum atomic E-state index is 13.3. The Morgan fingerprint density at radius 2 is 1.88 bits per heavy atom. The van der Waals surface area contributed by atoms with Gasteiger partial charge in [0.25, 0.3) is 0 Å². The van der Waals surface area contributed by atoms with E-state index in [4.69, 9.17) is 0 Å². The SMILES string of the molecule is CCNC(=NCCC(=O)N1CCN(c2ncccn2)CC1)NCCc1cccc(F)c1.I. The lowest BCUT2D eigenvalue weighted by atomic mass is 10.1. The molecule has 8 nitrogen and oxygen atoms in total. The second-order valence-corrected chi connectivity index (χ2v) is 7.23. The molecule has 10 heteroatoms. The fourth-order valence-electron chi connectivity index (χ4n) is 3.39. The Hall–Kier alpha value is -2.50. The number of nitrogens with zero attached hydrogens (tertiary/aromatic N) is 5. The van der Waals surface area contributed by atoms with Crippen molar-refractivity contribution < 1.29 is 9.18 Å². The van der Waals surface area contributed by atoms with Gasteiger partial charge in [-0.05, 0) is 37.1 Å². The summed E-state index contributed by atoms with van der Waals surface area (Å²) in [7, 11) is 0. The molecule has 2 N–H and O–H groups in total. The van der Waals surface area contributed by atoms with Crippen LogP contribution in [0.1, 0.15) is 18.9 Å². The first kappa shape index (κ1) is 25.8. The summed E-state index contributed by atoms with van der Waals surface area (Å²) in [6, 6.07) is 8.38. The van der Waals surface area contributed by atoms with E-state index < -0.39 is 0 Å². The summed E-state index contributed by atoms with van der Waals surface area (Å²) < 4.78 is 13.3. The Morgan fingerprint density at radius 3 is 2.56 bits per heavy atom. The molecule has 0 aliphatic carbocycles. The number of piperazine rings is 1. The van der Waals surface area contributed by atoms with Gasteiger partial charge in [0.1, 0.15) is 5.82 Å². The van der Waals surface area contributed by atoms with Gasteiger partial charge in [0.2, 0.25) is 11.9 Å². The molecule has 1 saturated heterocycles. The van der Waals surface area contributed by atoms with Crippen LogP contribution in [0, 0.1) is 5.82 Å². The molecule has 0 unspecified atom stereocenters. The second kappa shape index (κ2) is 13.8. The van der Waals surface area contributed by atoms with Crippen molar-refractivity contribution in [3.05, 3.63) is 54.1 Å². The van der Waals surface area contributed by atoms with E-state index in [2.05, 4.69) is 30.5 Å². The van der Waals surface area contributed by atoms with Crippen molar-refractivity contribution in [1.29, 1.82) is 0 Å². The van der Waals surface area contributed by atoms with E-state index in [1.54, 1.807) is 24.5 Å². The van der Waals surface area contributed by atoms with Gasteiger partial charge in [-0.15, -0.1) is 24.0 Å². The predicted molar refractivity (Wildman–Crippen MR) is 135 cm³/mol. The van der Waals surface area contributed by atoms with Gasteiger partial charge in [0, 0.05) is 58.1 Å². The summed E-state index contributed by atoms with van der Waals surface area (Å²) in [4.78, 5) is 29.5. The van der Waals surface area contributed by atoms with Gasteiger partial charge >= 0.3 is 0 Å². The third-order valence-electron chi connectivity index (χ3n) is 5.00. The van der Waals surface area contributed by atoms with Crippen molar-refractivity contribution >= 4 is 41.8 Å². The van der Waals surface area contributed by atoms with Gasteiger partial charge in [0.05, 0.1) is 6.54 Å². The Bertz CT molecular complexity index is 860. The number of hydrogen-bond donors (Lipinski definition) is 2. The number of rotatable bonds is 8. The minimum Gasteiger partial charge on any atom is -0.357 e. The number of carbonyl (C=O) groups is 1. The van der Waals surface area contributed by atoms with Gasteiger partial charge in [-0.3, -0.25) is 9.79 Å². The van der Waals surface area contributed by atoms with Crippen molar-refractivity contribution in [2.24, 2.45) is 4.99 Å². The maximum Gasteiger partial charge on any atom is 0.225 e. The van der Waals surface area contributed by atoms with E-state index in [0.717, 1.165) is 25.2 Å².